The molecule has 1 N–H and O–H groups in total. The number of amides is 3. The van der Waals surface area contributed by atoms with Gasteiger partial charge in [0.25, 0.3) is 5.91 Å². The summed E-state index contributed by atoms with van der Waals surface area (Å²) in [6.07, 6.45) is 6.56. The van der Waals surface area contributed by atoms with Crippen LogP contribution in [0.25, 0.3) is 0 Å². The van der Waals surface area contributed by atoms with E-state index in [4.69, 9.17) is 4.74 Å². The minimum atomic E-state index is -0.785. The van der Waals surface area contributed by atoms with Crippen LogP contribution >= 0.6 is 0 Å². The summed E-state index contributed by atoms with van der Waals surface area (Å²) in [4.78, 5) is 39.4. The molecule has 3 heterocycles. The molecule has 0 aromatic carbocycles. The van der Waals surface area contributed by atoms with Crippen LogP contribution in [0.15, 0.2) is 6.07 Å². The van der Waals surface area contributed by atoms with Crippen molar-refractivity contribution in [3.63, 3.8) is 0 Å². The van der Waals surface area contributed by atoms with Crippen molar-refractivity contribution in [2.45, 2.75) is 77.0 Å². The Kier molecular flexibility index (Phi) is 5.04. The van der Waals surface area contributed by atoms with Gasteiger partial charge in [-0.05, 0) is 45.6 Å². The zero-order valence-electron chi connectivity index (χ0n) is 16.8. The molecule has 7 nitrogen and oxygen atoms in total. The van der Waals surface area contributed by atoms with Crippen molar-refractivity contribution in [2.24, 2.45) is 0 Å². The molecule has 1 atom stereocenters. The molecule has 3 amide bonds. The Balaban J connectivity index is 1.49. The Morgan fingerprint density at radius 1 is 1.21 bits per heavy atom. The van der Waals surface area contributed by atoms with E-state index >= 15 is 0 Å². The van der Waals surface area contributed by atoms with Gasteiger partial charge in [0.05, 0.1) is 12.6 Å². The number of nitrogens with zero attached hydrogens (tertiary/aromatic N) is 2. The monoisotopic (exact) mass is 387 g/mol. The number of nitrogens with one attached hydrogen (secondary N) is 1. The Labute approximate surface area is 165 Å². The predicted octanol–water partition coefficient (Wildman–Crippen LogP) is 2.72. The standard InChI is InChI=1S/C21H29N3O4/c1-14-11-17(15(2)23(14)12-16-7-6-10-28-16)18(25)13-24-19(26)21(22-20(24)27)8-4-3-5-9-21/h11,16H,3-10,12-13H2,1-2H3,(H,22,27). The summed E-state index contributed by atoms with van der Waals surface area (Å²) in [5, 5.41) is 2.87. The van der Waals surface area contributed by atoms with Crippen molar-refractivity contribution in [2.75, 3.05) is 13.2 Å². The van der Waals surface area contributed by atoms with Gasteiger partial charge in [-0.1, -0.05) is 19.3 Å². The maximum atomic E-state index is 13.0. The molecule has 1 unspecified atom stereocenters. The fourth-order valence-electron chi connectivity index (χ4n) is 4.90. The molecule has 2 saturated heterocycles. The van der Waals surface area contributed by atoms with E-state index < -0.39 is 11.6 Å². The molecule has 1 saturated carbocycles. The Bertz CT molecular complexity index is 801. The van der Waals surface area contributed by atoms with Gasteiger partial charge in [0.1, 0.15) is 5.54 Å². The van der Waals surface area contributed by atoms with Crippen LogP contribution in [0, 0.1) is 13.8 Å². The van der Waals surface area contributed by atoms with Gasteiger partial charge >= 0.3 is 6.03 Å². The minimum absolute atomic E-state index is 0.185. The summed E-state index contributed by atoms with van der Waals surface area (Å²) in [6.45, 7) is 5.23. The van der Waals surface area contributed by atoms with Gasteiger partial charge in [-0.3, -0.25) is 14.5 Å². The van der Waals surface area contributed by atoms with Gasteiger partial charge < -0.3 is 14.6 Å². The molecular weight excluding hydrogens is 358 g/mol. The van der Waals surface area contributed by atoms with E-state index in [-0.39, 0.29) is 24.3 Å². The average molecular weight is 387 g/mol. The largest absolute Gasteiger partial charge is 0.376 e. The smallest absolute Gasteiger partial charge is 0.325 e. The van der Waals surface area contributed by atoms with E-state index in [0.717, 1.165) is 61.5 Å². The van der Waals surface area contributed by atoms with Crippen LogP contribution < -0.4 is 5.32 Å². The first-order valence-electron chi connectivity index (χ1n) is 10.4. The third-order valence-electron chi connectivity index (χ3n) is 6.54. The van der Waals surface area contributed by atoms with E-state index in [1.165, 1.54) is 0 Å². The molecule has 28 heavy (non-hydrogen) atoms. The maximum Gasteiger partial charge on any atom is 0.325 e. The molecule has 1 aromatic rings. The number of carbonyl (C=O) groups excluding carboxylic acids is 3. The lowest BCUT2D eigenvalue weighted by molar-refractivity contribution is -0.132. The fraction of sp³-hybridized carbons (Fsp3) is 0.667. The molecule has 1 spiro atoms. The van der Waals surface area contributed by atoms with Crippen LogP contribution in [-0.4, -0.2) is 52.0 Å². The summed E-state index contributed by atoms with van der Waals surface area (Å²) in [7, 11) is 0. The SMILES string of the molecule is Cc1cc(C(=O)CN2C(=O)NC3(CCCCC3)C2=O)c(C)n1CC1CCCO1. The number of urea groups is 1. The van der Waals surface area contributed by atoms with Crippen molar-refractivity contribution in [3.05, 3.63) is 23.0 Å². The van der Waals surface area contributed by atoms with E-state index in [9.17, 15) is 14.4 Å². The molecule has 0 radical (unpaired) electrons. The van der Waals surface area contributed by atoms with Crippen LogP contribution in [0.5, 0.6) is 0 Å². The van der Waals surface area contributed by atoms with Crippen LogP contribution in [0.4, 0.5) is 4.79 Å². The normalized spacial score (nSPS) is 24.2. The van der Waals surface area contributed by atoms with Crippen LogP contribution in [0.1, 0.15) is 66.7 Å². The second kappa shape index (κ2) is 7.35. The maximum absolute atomic E-state index is 13.0. The quantitative estimate of drug-likeness (QED) is 0.622. The van der Waals surface area contributed by atoms with Gasteiger partial charge in [0, 0.05) is 30.1 Å². The molecule has 3 fully saturated rings. The van der Waals surface area contributed by atoms with E-state index in [0.29, 0.717) is 18.4 Å². The van der Waals surface area contributed by atoms with Gasteiger partial charge in [-0.25, -0.2) is 4.79 Å². The van der Waals surface area contributed by atoms with Gasteiger partial charge in [-0.2, -0.15) is 0 Å². The number of Topliss-reactive ketones (excluding diaryl/α,β-unsaturated/α-hetero) is 1. The summed E-state index contributed by atoms with van der Waals surface area (Å²) in [5.74, 6) is -0.429. The van der Waals surface area contributed by atoms with Crippen molar-refractivity contribution >= 4 is 17.7 Å². The van der Waals surface area contributed by atoms with Crippen LogP contribution in [0.3, 0.4) is 0 Å². The first-order valence-corrected chi connectivity index (χ1v) is 10.4. The summed E-state index contributed by atoms with van der Waals surface area (Å²) >= 11 is 0. The zero-order valence-corrected chi connectivity index (χ0v) is 16.8. The number of carbonyl (C=O) groups is 3. The second-order valence-corrected chi connectivity index (χ2v) is 8.42. The third kappa shape index (κ3) is 3.26. The molecular formula is C21H29N3O4. The number of hydrogen-bond donors (Lipinski definition) is 1. The molecule has 7 heteroatoms. The average Bonchev–Trinajstić information content (AvgIpc) is 3.34. The summed E-state index contributed by atoms with van der Waals surface area (Å²) in [5.41, 5.74) is 1.67. The summed E-state index contributed by atoms with van der Waals surface area (Å²) in [6, 6.07) is 1.43. The van der Waals surface area contributed by atoms with Crippen LogP contribution in [0.2, 0.25) is 0 Å². The van der Waals surface area contributed by atoms with Crippen molar-refractivity contribution in [3.8, 4) is 0 Å². The number of rotatable bonds is 5. The molecule has 4 rings (SSSR count). The van der Waals surface area contributed by atoms with Crippen LogP contribution in [-0.2, 0) is 16.1 Å². The highest BCUT2D eigenvalue weighted by Gasteiger charge is 2.51. The molecule has 1 aliphatic carbocycles. The van der Waals surface area contributed by atoms with Gasteiger partial charge in [0.2, 0.25) is 0 Å². The lowest BCUT2D eigenvalue weighted by Crippen LogP contribution is -2.48. The predicted molar refractivity (Wildman–Crippen MR) is 103 cm³/mol. The zero-order chi connectivity index (χ0) is 19.9. The molecule has 1 aromatic heterocycles. The highest BCUT2D eigenvalue weighted by molar-refractivity contribution is 6.11. The fourth-order valence-corrected chi connectivity index (χ4v) is 4.90. The van der Waals surface area contributed by atoms with Gasteiger partial charge in [0.15, 0.2) is 5.78 Å². The minimum Gasteiger partial charge on any atom is -0.376 e. The first kappa shape index (κ1) is 19.2. The van der Waals surface area contributed by atoms with E-state index in [1.807, 2.05) is 19.9 Å². The Morgan fingerprint density at radius 3 is 2.64 bits per heavy atom. The highest BCUT2D eigenvalue weighted by atomic mass is 16.5. The van der Waals surface area contributed by atoms with Gasteiger partial charge in [-0.15, -0.1) is 0 Å². The van der Waals surface area contributed by atoms with E-state index in [2.05, 4.69) is 9.88 Å². The molecule has 3 aliphatic rings. The molecule has 152 valence electrons. The number of hydrogen-bond acceptors (Lipinski definition) is 4. The topological polar surface area (TPSA) is 80.6 Å². The van der Waals surface area contributed by atoms with Crippen molar-refractivity contribution < 1.29 is 19.1 Å². The highest BCUT2D eigenvalue weighted by Crippen LogP contribution is 2.33. The molecule has 0 bridgehead atoms. The number of ketones is 1. The second-order valence-electron chi connectivity index (χ2n) is 8.42. The lowest BCUT2D eigenvalue weighted by Gasteiger charge is -2.30. The van der Waals surface area contributed by atoms with Crippen molar-refractivity contribution in [1.29, 1.82) is 0 Å². The first-order chi connectivity index (χ1) is 13.4. The lowest BCUT2D eigenvalue weighted by atomic mass is 9.82. The number of ether oxygens (including phenoxy) is 1. The third-order valence-corrected chi connectivity index (χ3v) is 6.54. The van der Waals surface area contributed by atoms with E-state index in [1.54, 1.807) is 0 Å². The summed E-state index contributed by atoms with van der Waals surface area (Å²) < 4.78 is 7.83. The number of imide groups is 1. The molecule has 2 aliphatic heterocycles. The number of aromatic nitrogens is 1. The Hall–Kier alpha value is -2.15. The Morgan fingerprint density at radius 2 is 1.96 bits per heavy atom. The van der Waals surface area contributed by atoms with Crippen molar-refractivity contribution in [1.82, 2.24) is 14.8 Å². The number of aryl methyl sites for hydroxylation is 1.